The third-order valence-electron chi connectivity index (χ3n) is 4.22. The highest BCUT2D eigenvalue weighted by Gasteiger charge is 2.22. The highest BCUT2D eigenvalue weighted by atomic mass is 19.1. The average Bonchev–Trinajstić information content (AvgIpc) is 2.64. The van der Waals surface area contributed by atoms with Gasteiger partial charge in [0.05, 0.1) is 18.7 Å². The molecule has 0 bridgehead atoms. The fraction of sp³-hybridized carbons (Fsp3) is 0.316. The molecule has 1 fully saturated rings. The summed E-state index contributed by atoms with van der Waals surface area (Å²) < 4.78 is 32.1. The van der Waals surface area contributed by atoms with Gasteiger partial charge in [0, 0.05) is 26.2 Å². The molecule has 1 saturated heterocycles. The van der Waals surface area contributed by atoms with Crippen molar-refractivity contribution in [2.24, 2.45) is 0 Å². The van der Waals surface area contributed by atoms with Gasteiger partial charge in [0.15, 0.2) is 0 Å². The summed E-state index contributed by atoms with van der Waals surface area (Å²) in [6.45, 7) is 2.57. The number of nitrogens with zero attached hydrogens (tertiary/aromatic N) is 2. The first-order valence-electron chi connectivity index (χ1n) is 8.29. The molecule has 0 spiro atoms. The number of benzene rings is 2. The predicted molar refractivity (Wildman–Crippen MR) is 91.7 cm³/mol. The molecule has 132 valence electrons. The van der Waals surface area contributed by atoms with Gasteiger partial charge in [-0.15, -0.1) is 0 Å². The van der Waals surface area contributed by atoms with Crippen molar-refractivity contribution >= 4 is 11.6 Å². The second kappa shape index (κ2) is 7.96. The Morgan fingerprint density at radius 3 is 2.32 bits per heavy atom. The van der Waals surface area contributed by atoms with Gasteiger partial charge in [0.2, 0.25) is 5.91 Å². The van der Waals surface area contributed by atoms with Crippen molar-refractivity contribution in [1.29, 1.82) is 0 Å². The molecule has 0 unspecified atom stereocenters. The number of piperazine rings is 1. The van der Waals surface area contributed by atoms with E-state index in [0.29, 0.717) is 37.6 Å². The lowest BCUT2D eigenvalue weighted by Crippen LogP contribution is -2.49. The van der Waals surface area contributed by atoms with Gasteiger partial charge in [-0.05, 0) is 36.4 Å². The Balaban J connectivity index is 1.44. The van der Waals surface area contributed by atoms with Crippen molar-refractivity contribution < 1.29 is 18.3 Å². The molecule has 0 N–H and O–H groups in total. The first-order valence-corrected chi connectivity index (χ1v) is 8.29. The number of anilines is 1. The number of rotatable bonds is 5. The van der Waals surface area contributed by atoms with Crippen LogP contribution >= 0.6 is 0 Å². The van der Waals surface area contributed by atoms with Gasteiger partial charge < -0.3 is 14.5 Å². The fourth-order valence-electron chi connectivity index (χ4n) is 2.85. The molecule has 6 heteroatoms. The summed E-state index contributed by atoms with van der Waals surface area (Å²) in [5.74, 6) is -0.0139. The third kappa shape index (κ3) is 4.47. The van der Waals surface area contributed by atoms with Crippen molar-refractivity contribution in [2.75, 3.05) is 37.7 Å². The number of ether oxygens (including phenoxy) is 1. The van der Waals surface area contributed by atoms with Crippen LogP contribution in [0.1, 0.15) is 6.42 Å². The highest BCUT2D eigenvalue weighted by Crippen LogP contribution is 2.20. The van der Waals surface area contributed by atoms with E-state index >= 15 is 0 Å². The fourth-order valence-corrected chi connectivity index (χ4v) is 2.85. The Kier molecular flexibility index (Phi) is 5.48. The molecular formula is C19H20F2N2O2. The summed E-state index contributed by atoms with van der Waals surface area (Å²) in [6, 6.07) is 12.4. The van der Waals surface area contributed by atoms with Crippen molar-refractivity contribution in [3.8, 4) is 5.75 Å². The smallest absolute Gasteiger partial charge is 0.226 e. The van der Waals surface area contributed by atoms with E-state index in [9.17, 15) is 13.6 Å². The normalized spacial score (nSPS) is 14.5. The van der Waals surface area contributed by atoms with Crippen molar-refractivity contribution in [2.45, 2.75) is 6.42 Å². The zero-order valence-electron chi connectivity index (χ0n) is 13.8. The first kappa shape index (κ1) is 17.2. The molecule has 4 nitrogen and oxygen atoms in total. The van der Waals surface area contributed by atoms with E-state index in [2.05, 4.69) is 0 Å². The zero-order chi connectivity index (χ0) is 17.6. The number of hydrogen-bond donors (Lipinski definition) is 0. The summed E-state index contributed by atoms with van der Waals surface area (Å²) in [4.78, 5) is 16.0. The zero-order valence-corrected chi connectivity index (χ0v) is 13.8. The molecule has 0 radical (unpaired) electrons. The Hall–Kier alpha value is -2.63. The minimum absolute atomic E-state index is 0.00953. The lowest BCUT2D eigenvalue weighted by atomic mass is 10.2. The molecule has 1 aliphatic rings. The molecule has 2 aromatic rings. The van der Waals surface area contributed by atoms with Crippen LogP contribution in [0.4, 0.5) is 14.5 Å². The maximum absolute atomic E-state index is 13.8. The number of carbonyl (C=O) groups excluding carboxylic acids is 1. The molecule has 0 saturated carbocycles. The summed E-state index contributed by atoms with van der Waals surface area (Å²) in [5, 5.41) is 0. The van der Waals surface area contributed by atoms with E-state index in [0.717, 1.165) is 0 Å². The number of amides is 1. The van der Waals surface area contributed by atoms with Crippen molar-refractivity contribution in [3.05, 3.63) is 60.2 Å². The number of hydrogen-bond acceptors (Lipinski definition) is 3. The summed E-state index contributed by atoms with van der Waals surface area (Å²) in [7, 11) is 0. The van der Waals surface area contributed by atoms with E-state index in [-0.39, 0.29) is 30.6 Å². The molecule has 2 aromatic carbocycles. The van der Waals surface area contributed by atoms with E-state index in [4.69, 9.17) is 4.74 Å². The number of para-hydroxylation sites is 1. The van der Waals surface area contributed by atoms with Gasteiger partial charge in [-0.25, -0.2) is 8.78 Å². The molecule has 0 aromatic heterocycles. The predicted octanol–water partition coefficient (Wildman–Crippen LogP) is 3.08. The monoisotopic (exact) mass is 346 g/mol. The quantitative estimate of drug-likeness (QED) is 0.834. The second-order valence-corrected chi connectivity index (χ2v) is 5.87. The van der Waals surface area contributed by atoms with Crippen LogP contribution in [0.5, 0.6) is 5.75 Å². The van der Waals surface area contributed by atoms with Gasteiger partial charge in [-0.1, -0.05) is 12.1 Å². The van der Waals surface area contributed by atoms with Crippen LogP contribution in [0.3, 0.4) is 0 Å². The minimum Gasteiger partial charge on any atom is -0.493 e. The van der Waals surface area contributed by atoms with Crippen LogP contribution in [-0.2, 0) is 4.79 Å². The van der Waals surface area contributed by atoms with Crippen LogP contribution in [0.2, 0.25) is 0 Å². The largest absolute Gasteiger partial charge is 0.493 e. The van der Waals surface area contributed by atoms with Crippen molar-refractivity contribution in [3.63, 3.8) is 0 Å². The van der Waals surface area contributed by atoms with Gasteiger partial charge in [0.25, 0.3) is 0 Å². The van der Waals surface area contributed by atoms with E-state index in [1.807, 2.05) is 11.0 Å². The Morgan fingerprint density at radius 2 is 1.64 bits per heavy atom. The Labute approximate surface area is 145 Å². The lowest BCUT2D eigenvalue weighted by molar-refractivity contribution is -0.132. The average molecular weight is 346 g/mol. The molecule has 0 atom stereocenters. The molecule has 1 amide bonds. The molecule has 1 heterocycles. The highest BCUT2D eigenvalue weighted by molar-refractivity contribution is 5.76. The Morgan fingerprint density at radius 1 is 0.960 bits per heavy atom. The van der Waals surface area contributed by atoms with Gasteiger partial charge in [-0.2, -0.15) is 0 Å². The summed E-state index contributed by atoms with van der Waals surface area (Å²) in [5.41, 5.74) is 0.578. The van der Waals surface area contributed by atoms with Crippen LogP contribution in [0.25, 0.3) is 0 Å². The standard InChI is InChI=1S/C19H20F2N2O2/c20-15-5-7-16(8-6-15)25-14-9-19(24)23-12-10-22(11-13-23)18-4-2-1-3-17(18)21/h1-8H,9-14H2. The SMILES string of the molecule is O=C(CCOc1ccc(F)cc1)N1CCN(c2ccccc2F)CC1. The van der Waals surface area contributed by atoms with E-state index in [1.165, 1.54) is 30.3 Å². The molecule has 3 rings (SSSR count). The summed E-state index contributed by atoms with van der Waals surface area (Å²) >= 11 is 0. The minimum atomic E-state index is -0.323. The summed E-state index contributed by atoms with van der Waals surface area (Å²) in [6.07, 6.45) is 0.261. The van der Waals surface area contributed by atoms with E-state index < -0.39 is 0 Å². The van der Waals surface area contributed by atoms with Crippen LogP contribution in [0.15, 0.2) is 48.5 Å². The topological polar surface area (TPSA) is 32.8 Å². The molecule has 25 heavy (non-hydrogen) atoms. The van der Waals surface area contributed by atoms with Crippen LogP contribution in [-0.4, -0.2) is 43.6 Å². The third-order valence-corrected chi connectivity index (χ3v) is 4.22. The van der Waals surface area contributed by atoms with Crippen LogP contribution in [0, 0.1) is 11.6 Å². The number of carbonyl (C=O) groups is 1. The first-order chi connectivity index (χ1) is 12.1. The number of halogens is 2. The second-order valence-electron chi connectivity index (χ2n) is 5.87. The maximum atomic E-state index is 13.8. The van der Waals surface area contributed by atoms with E-state index in [1.54, 1.807) is 17.0 Å². The molecule has 0 aliphatic carbocycles. The Bertz CT molecular complexity index is 714. The lowest BCUT2D eigenvalue weighted by Gasteiger charge is -2.36. The van der Waals surface area contributed by atoms with Gasteiger partial charge in [0.1, 0.15) is 17.4 Å². The molecular weight excluding hydrogens is 326 g/mol. The molecule has 1 aliphatic heterocycles. The van der Waals surface area contributed by atoms with Crippen LogP contribution < -0.4 is 9.64 Å². The van der Waals surface area contributed by atoms with Gasteiger partial charge in [-0.3, -0.25) is 4.79 Å². The van der Waals surface area contributed by atoms with Gasteiger partial charge >= 0.3 is 0 Å². The maximum Gasteiger partial charge on any atom is 0.226 e. The van der Waals surface area contributed by atoms with Crippen molar-refractivity contribution in [1.82, 2.24) is 4.90 Å².